The van der Waals surface area contributed by atoms with E-state index in [1.54, 1.807) is 6.92 Å². The molecule has 208 valence electrons. The van der Waals surface area contributed by atoms with E-state index in [4.69, 9.17) is 4.55 Å². The highest BCUT2D eigenvalue weighted by Gasteiger charge is 2.65. The first kappa shape index (κ1) is 28.3. The number of carbonyl (C=O) groups is 1. The van der Waals surface area contributed by atoms with Gasteiger partial charge >= 0.3 is 0 Å². The molecule has 4 saturated carbocycles. The Morgan fingerprint density at radius 1 is 0.944 bits per heavy atom. The van der Waals surface area contributed by atoms with Gasteiger partial charge in [0.1, 0.15) is 0 Å². The highest BCUT2D eigenvalue weighted by molar-refractivity contribution is 7.85. The Balaban J connectivity index is 1.42. The van der Waals surface area contributed by atoms with Crippen molar-refractivity contribution in [2.75, 3.05) is 5.75 Å². The molecular formula is C27H47NO7S. The summed E-state index contributed by atoms with van der Waals surface area (Å²) in [5.41, 5.74) is -0.00218. The van der Waals surface area contributed by atoms with Gasteiger partial charge in [-0.1, -0.05) is 20.8 Å². The fraction of sp³-hybridized carbons (Fsp3) is 0.963. The Hall–Kier alpha value is -0.740. The molecule has 1 amide bonds. The molecule has 5 N–H and O–H groups in total. The van der Waals surface area contributed by atoms with Gasteiger partial charge in [-0.2, -0.15) is 8.42 Å². The Morgan fingerprint density at radius 3 is 2.25 bits per heavy atom. The lowest BCUT2D eigenvalue weighted by atomic mass is 9.43. The maximum absolute atomic E-state index is 12.4. The molecule has 0 aromatic carbocycles. The molecule has 4 aliphatic rings. The number of hydrogen-bond acceptors (Lipinski definition) is 6. The number of amides is 1. The van der Waals surface area contributed by atoms with Crippen molar-refractivity contribution in [1.82, 2.24) is 5.32 Å². The first-order valence-electron chi connectivity index (χ1n) is 14.0. The molecule has 4 unspecified atom stereocenters. The van der Waals surface area contributed by atoms with Crippen LogP contribution in [0.25, 0.3) is 0 Å². The van der Waals surface area contributed by atoms with E-state index in [2.05, 4.69) is 26.1 Å². The highest BCUT2D eigenvalue weighted by atomic mass is 32.2. The second-order valence-corrected chi connectivity index (χ2v) is 14.8. The summed E-state index contributed by atoms with van der Waals surface area (Å²) in [5.74, 6) is 0.735. The van der Waals surface area contributed by atoms with Crippen molar-refractivity contribution >= 4 is 16.0 Å². The number of hydrogen-bond donors (Lipinski definition) is 5. The van der Waals surface area contributed by atoms with Crippen molar-refractivity contribution in [2.45, 2.75) is 110 Å². The zero-order chi connectivity index (χ0) is 26.6. The predicted octanol–water partition coefficient (Wildman–Crippen LogP) is 2.76. The minimum atomic E-state index is -4.13. The van der Waals surface area contributed by atoms with Crippen molar-refractivity contribution in [1.29, 1.82) is 0 Å². The summed E-state index contributed by atoms with van der Waals surface area (Å²) in [6.07, 6.45) is 5.50. The number of carbonyl (C=O) groups excluding carboxylic acids is 1. The number of aliphatic hydroxyl groups excluding tert-OH is 3. The van der Waals surface area contributed by atoms with E-state index in [1.165, 1.54) is 0 Å². The van der Waals surface area contributed by atoms with Crippen LogP contribution in [-0.2, 0) is 14.9 Å². The number of fused-ring (bicyclic) bond motifs is 5. The maximum atomic E-state index is 12.4. The second kappa shape index (κ2) is 10.1. The standard InChI is InChI=1S/C27H47NO7S/c1-15(5-8-22(30)28-16(2)14-36(33,34)35)18-6-7-19-23-20(10-12-26(18,19)3)27(4)11-9-17(29)13-21(27)24(31)25(23)32/h15-21,23-25,29,31-32H,5-14H2,1-4H3,(H,28,30)(H,33,34,35)/t15-,16-,17-,18-,19?,20?,21?,23?,24-,25+,26-,27-/m1/s1. The summed E-state index contributed by atoms with van der Waals surface area (Å²) in [6, 6.07) is -0.642. The van der Waals surface area contributed by atoms with E-state index >= 15 is 0 Å². The monoisotopic (exact) mass is 529 g/mol. The fourth-order valence-corrected chi connectivity index (χ4v) is 10.2. The molecule has 0 aliphatic heterocycles. The Kier molecular flexibility index (Phi) is 7.93. The summed E-state index contributed by atoms with van der Waals surface area (Å²) < 4.78 is 31.1. The van der Waals surface area contributed by atoms with E-state index in [9.17, 15) is 28.5 Å². The van der Waals surface area contributed by atoms with Crippen LogP contribution >= 0.6 is 0 Å². The summed E-state index contributed by atoms with van der Waals surface area (Å²) in [4.78, 5) is 12.4. The molecule has 0 spiro atoms. The zero-order valence-electron chi connectivity index (χ0n) is 22.3. The molecule has 0 aromatic heterocycles. The molecule has 0 saturated heterocycles. The summed E-state index contributed by atoms with van der Waals surface area (Å²) in [5, 5.41) is 35.5. The molecule has 4 aliphatic carbocycles. The lowest BCUT2D eigenvalue weighted by Gasteiger charge is -2.63. The molecule has 36 heavy (non-hydrogen) atoms. The van der Waals surface area contributed by atoms with Crippen LogP contribution in [0, 0.1) is 46.3 Å². The van der Waals surface area contributed by atoms with Crippen molar-refractivity contribution in [3.8, 4) is 0 Å². The first-order valence-corrected chi connectivity index (χ1v) is 15.6. The van der Waals surface area contributed by atoms with Crippen molar-refractivity contribution < 1.29 is 33.1 Å². The second-order valence-electron chi connectivity index (χ2n) is 13.3. The molecule has 0 aromatic rings. The van der Waals surface area contributed by atoms with Crippen LogP contribution in [0.1, 0.15) is 85.5 Å². The summed E-state index contributed by atoms with van der Waals surface area (Å²) >= 11 is 0. The van der Waals surface area contributed by atoms with Crippen LogP contribution in [0.3, 0.4) is 0 Å². The van der Waals surface area contributed by atoms with Crippen molar-refractivity contribution in [3.05, 3.63) is 0 Å². The van der Waals surface area contributed by atoms with E-state index in [0.717, 1.165) is 38.5 Å². The van der Waals surface area contributed by atoms with Gasteiger partial charge in [0.2, 0.25) is 5.91 Å². The van der Waals surface area contributed by atoms with Gasteiger partial charge in [-0.3, -0.25) is 9.35 Å². The van der Waals surface area contributed by atoms with Gasteiger partial charge in [-0.25, -0.2) is 0 Å². The van der Waals surface area contributed by atoms with Gasteiger partial charge in [-0.15, -0.1) is 0 Å². The van der Waals surface area contributed by atoms with E-state index in [0.29, 0.717) is 42.9 Å². The average Bonchev–Trinajstić information content (AvgIpc) is 3.12. The highest BCUT2D eigenvalue weighted by Crippen LogP contribution is 2.68. The molecular weight excluding hydrogens is 482 g/mol. The molecule has 4 rings (SSSR count). The topological polar surface area (TPSA) is 144 Å². The molecule has 12 atom stereocenters. The van der Waals surface area contributed by atoms with E-state index in [-0.39, 0.29) is 34.7 Å². The average molecular weight is 530 g/mol. The fourth-order valence-electron chi connectivity index (χ4n) is 9.48. The van der Waals surface area contributed by atoms with Gasteiger partial charge in [0.05, 0.1) is 24.1 Å². The molecule has 0 heterocycles. The summed E-state index contributed by atoms with van der Waals surface area (Å²) in [6.45, 7) is 8.41. The van der Waals surface area contributed by atoms with Gasteiger partial charge in [0, 0.05) is 12.5 Å². The third kappa shape index (κ3) is 5.12. The van der Waals surface area contributed by atoms with E-state index in [1.807, 2.05) is 0 Å². The van der Waals surface area contributed by atoms with Crippen molar-refractivity contribution in [3.63, 3.8) is 0 Å². The number of aliphatic hydroxyl groups is 3. The van der Waals surface area contributed by atoms with Crippen LogP contribution < -0.4 is 5.32 Å². The van der Waals surface area contributed by atoms with Crippen LogP contribution in [0.5, 0.6) is 0 Å². The number of rotatable bonds is 7. The molecule has 0 radical (unpaired) electrons. The SMILES string of the molecule is C[C@H](CS(=O)(=O)O)NC(=O)CC[C@@H](C)[C@H]1CCC2C3C(CC[C@@]21C)[C@@]1(C)CC[C@@H](O)CC1[C@@H](O)[C@H]3O. The molecule has 4 fully saturated rings. The zero-order valence-corrected chi connectivity index (χ0v) is 23.1. The maximum Gasteiger partial charge on any atom is 0.266 e. The normalized spacial score (nSPS) is 46.2. The minimum absolute atomic E-state index is 0.0490. The van der Waals surface area contributed by atoms with Gasteiger partial charge in [0.25, 0.3) is 10.1 Å². The number of nitrogens with one attached hydrogen (secondary N) is 1. The Bertz CT molecular complexity index is 927. The van der Waals surface area contributed by atoms with Crippen molar-refractivity contribution in [2.24, 2.45) is 46.3 Å². The molecule has 8 nitrogen and oxygen atoms in total. The predicted molar refractivity (Wildman–Crippen MR) is 136 cm³/mol. The third-order valence-electron chi connectivity index (χ3n) is 11.2. The Labute approximate surface area is 216 Å². The van der Waals surface area contributed by atoms with Gasteiger partial charge < -0.3 is 20.6 Å². The van der Waals surface area contributed by atoms with E-state index < -0.39 is 34.1 Å². The van der Waals surface area contributed by atoms with Crippen LogP contribution in [0.2, 0.25) is 0 Å². The minimum Gasteiger partial charge on any atom is -0.393 e. The lowest BCUT2D eigenvalue weighted by molar-refractivity contribution is -0.223. The smallest absolute Gasteiger partial charge is 0.266 e. The largest absolute Gasteiger partial charge is 0.393 e. The first-order chi connectivity index (χ1) is 16.7. The van der Waals surface area contributed by atoms with Gasteiger partial charge in [0.15, 0.2) is 0 Å². The van der Waals surface area contributed by atoms with Crippen LogP contribution in [0.4, 0.5) is 0 Å². The third-order valence-corrected chi connectivity index (χ3v) is 12.1. The lowest BCUT2D eigenvalue weighted by Crippen LogP contribution is -2.64. The molecule has 9 heteroatoms. The quantitative estimate of drug-likeness (QED) is 0.319. The summed E-state index contributed by atoms with van der Waals surface area (Å²) in [7, 11) is -4.13. The van der Waals surface area contributed by atoms with Gasteiger partial charge in [-0.05, 0) is 105 Å². The Morgan fingerprint density at radius 2 is 1.58 bits per heavy atom. The van der Waals surface area contributed by atoms with Crippen LogP contribution in [0.15, 0.2) is 0 Å². The van der Waals surface area contributed by atoms with Crippen LogP contribution in [-0.4, -0.2) is 64.3 Å². The molecule has 0 bridgehead atoms.